The third kappa shape index (κ3) is 4.82. The van der Waals surface area contributed by atoms with Crippen LogP contribution in [0.2, 0.25) is 0 Å². The van der Waals surface area contributed by atoms with E-state index in [-0.39, 0.29) is 24.4 Å². The minimum absolute atomic E-state index is 0. The van der Waals surface area contributed by atoms with Gasteiger partial charge in [0.2, 0.25) is 5.91 Å². The molecule has 0 spiro atoms. The summed E-state index contributed by atoms with van der Waals surface area (Å²) in [5, 5.41) is 2.99. The van der Waals surface area contributed by atoms with Crippen molar-refractivity contribution in [1.82, 2.24) is 5.32 Å². The number of halogens is 1. The maximum absolute atomic E-state index is 11.6. The van der Waals surface area contributed by atoms with E-state index in [1.807, 2.05) is 0 Å². The van der Waals surface area contributed by atoms with Crippen LogP contribution in [0.1, 0.15) is 33.1 Å². The average Bonchev–Trinajstić information content (AvgIpc) is 3.04. The number of ether oxygens (including phenoxy) is 1. The SMILES string of the molecule is COC(CN)CC(=O)NCC1(C(C)C)CC1.Cl. The van der Waals surface area contributed by atoms with Gasteiger partial charge in [-0.2, -0.15) is 0 Å². The van der Waals surface area contributed by atoms with Gasteiger partial charge in [-0.1, -0.05) is 13.8 Å². The molecule has 1 fully saturated rings. The van der Waals surface area contributed by atoms with Crippen LogP contribution in [0.3, 0.4) is 0 Å². The molecule has 5 heteroatoms. The van der Waals surface area contributed by atoms with Crippen LogP contribution in [0, 0.1) is 11.3 Å². The van der Waals surface area contributed by atoms with Crippen molar-refractivity contribution in [2.24, 2.45) is 17.1 Å². The summed E-state index contributed by atoms with van der Waals surface area (Å²) in [5.74, 6) is 0.685. The first-order valence-corrected chi connectivity index (χ1v) is 6.03. The van der Waals surface area contributed by atoms with E-state index in [2.05, 4.69) is 19.2 Å². The Morgan fingerprint density at radius 2 is 2.06 bits per heavy atom. The van der Waals surface area contributed by atoms with Gasteiger partial charge in [0.1, 0.15) is 0 Å². The van der Waals surface area contributed by atoms with E-state index in [4.69, 9.17) is 10.5 Å². The van der Waals surface area contributed by atoms with E-state index in [9.17, 15) is 4.79 Å². The van der Waals surface area contributed by atoms with Crippen LogP contribution in [0.15, 0.2) is 0 Å². The molecule has 4 nitrogen and oxygen atoms in total. The van der Waals surface area contributed by atoms with Crippen LogP contribution in [-0.2, 0) is 9.53 Å². The number of nitrogens with one attached hydrogen (secondary N) is 1. The van der Waals surface area contributed by atoms with Crippen molar-refractivity contribution in [2.75, 3.05) is 20.2 Å². The van der Waals surface area contributed by atoms with E-state index in [0.29, 0.717) is 24.3 Å². The van der Waals surface area contributed by atoms with Crippen LogP contribution in [0.25, 0.3) is 0 Å². The van der Waals surface area contributed by atoms with Crippen LogP contribution in [0.5, 0.6) is 0 Å². The molecule has 1 atom stereocenters. The van der Waals surface area contributed by atoms with Gasteiger partial charge in [0, 0.05) is 20.2 Å². The summed E-state index contributed by atoms with van der Waals surface area (Å²) < 4.78 is 5.08. The first kappa shape index (κ1) is 16.7. The summed E-state index contributed by atoms with van der Waals surface area (Å²) in [6.45, 7) is 5.62. The lowest BCUT2D eigenvalue weighted by Crippen LogP contribution is -2.36. The molecular weight excluding hydrogens is 240 g/mol. The second kappa shape index (κ2) is 7.19. The maximum Gasteiger partial charge on any atom is 0.222 e. The fourth-order valence-corrected chi connectivity index (χ4v) is 1.94. The zero-order chi connectivity index (χ0) is 12.2. The van der Waals surface area contributed by atoms with Gasteiger partial charge >= 0.3 is 0 Å². The molecule has 0 aromatic rings. The molecule has 17 heavy (non-hydrogen) atoms. The molecule has 1 saturated carbocycles. The summed E-state index contributed by atoms with van der Waals surface area (Å²) in [6, 6.07) is 0. The highest BCUT2D eigenvalue weighted by Crippen LogP contribution is 2.51. The van der Waals surface area contributed by atoms with Crippen molar-refractivity contribution in [3.63, 3.8) is 0 Å². The van der Waals surface area contributed by atoms with Crippen molar-refractivity contribution in [3.05, 3.63) is 0 Å². The highest BCUT2D eigenvalue weighted by atomic mass is 35.5. The average molecular weight is 265 g/mol. The van der Waals surface area contributed by atoms with E-state index < -0.39 is 0 Å². The number of amides is 1. The van der Waals surface area contributed by atoms with Gasteiger partial charge in [-0.15, -0.1) is 12.4 Å². The zero-order valence-corrected chi connectivity index (χ0v) is 11.8. The highest BCUT2D eigenvalue weighted by Gasteiger charge is 2.45. The number of methoxy groups -OCH3 is 1. The minimum atomic E-state index is -0.158. The van der Waals surface area contributed by atoms with Gasteiger partial charge < -0.3 is 15.8 Å². The molecule has 0 aromatic carbocycles. The Hall–Kier alpha value is -0.320. The Morgan fingerprint density at radius 1 is 1.47 bits per heavy atom. The van der Waals surface area contributed by atoms with Gasteiger partial charge in [0.05, 0.1) is 12.5 Å². The number of carbonyl (C=O) groups is 1. The predicted molar refractivity (Wildman–Crippen MR) is 71.2 cm³/mol. The lowest BCUT2D eigenvalue weighted by molar-refractivity contribution is -0.123. The van der Waals surface area contributed by atoms with Gasteiger partial charge in [0.25, 0.3) is 0 Å². The van der Waals surface area contributed by atoms with Crippen LogP contribution in [-0.4, -0.2) is 32.2 Å². The van der Waals surface area contributed by atoms with E-state index in [0.717, 1.165) is 6.54 Å². The number of hydrogen-bond acceptors (Lipinski definition) is 3. The predicted octanol–water partition coefficient (Wildman–Crippen LogP) is 1.32. The summed E-state index contributed by atoms with van der Waals surface area (Å²) in [7, 11) is 1.58. The topological polar surface area (TPSA) is 64.3 Å². The fraction of sp³-hybridized carbons (Fsp3) is 0.917. The molecule has 0 heterocycles. The van der Waals surface area contributed by atoms with Crippen molar-refractivity contribution in [2.45, 2.75) is 39.2 Å². The first-order chi connectivity index (χ1) is 7.54. The Bertz CT molecular complexity index is 239. The van der Waals surface area contributed by atoms with Crippen LogP contribution in [0.4, 0.5) is 0 Å². The normalized spacial score (nSPS) is 18.4. The van der Waals surface area contributed by atoms with Gasteiger partial charge in [-0.3, -0.25) is 4.79 Å². The smallest absolute Gasteiger partial charge is 0.222 e. The number of rotatable bonds is 7. The third-order valence-electron chi connectivity index (χ3n) is 3.76. The molecule has 1 rings (SSSR count). The fourth-order valence-electron chi connectivity index (χ4n) is 1.94. The summed E-state index contributed by atoms with van der Waals surface area (Å²) in [5.41, 5.74) is 5.83. The van der Waals surface area contributed by atoms with E-state index >= 15 is 0 Å². The maximum atomic E-state index is 11.6. The van der Waals surface area contributed by atoms with Crippen LogP contribution < -0.4 is 11.1 Å². The molecule has 0 aromatic heterocycles. The van der Waals surface area contributed by atoms with Crippen LogP contribution >= 0.6 is 12.4 Å². The molecule has 1 aliphatic rings. The van der Waals surface area contributed by atoms with Gasteiger partial charge in [0.15, 0.2) is 0 Å². The Kier molecular flexibility index (Phi) is 7.05. The largest absolute Gasteiger partial charge is 0.380 e. The second-order valence-corrected chi connectivity index (χ2v) is 5.09. The van der Waals surface area contributed by atoms with Crippen molar-refractivity contribution < 1.29 is 9.53 Å². The Balaban J connectivity index is 0.00000256. The molecule has 102 valence electrons. The molecule has 1 unspecified atom stereocenters. The number of nitrogens with two attached hydrogens (primary N) is 1. The van der Waals surface area contributed by atoms with Crippen molar-refractivity contribution in [1.29, 1.82) is 0 Å². The lowest BCUT2D eigenvalue weighted by Gasteiger charge is -2.20. The van der Waals surface area contributed by atoms with Gasteiger partial charge in [-0.25, -0.2) is 0 Å². The summed E-state index contributed by atoms with van der Waals surface area (Å²) >= 11 is 0. The monoisotopic (exact) mass is 264 g/mol. The summed E-state index contributed by atoms with van der Waals surface area (Å²) in [6.07, 6.45) is 2.67. The molecule has 0 saturated heterocycles. The molecule has 0 aliphatic heterocycles. The van der Waals surface area contributed by atoms with Crippen molar-refractivity contribution in [3.8, 4) is 0 Å². The third-order valence-corrected chi connectivity index (χ3v) is 3.76. The Labute approximate surface area is 110 Å². The second-order valence-electron chi connectivity index (χ2n) is 5.09. The minimum Gasteiger partial charge on any atom is -0.380 e. The van der Waals surface area contributed by atoms with E-state index in [1.165, 1.54) is 12.8 Å². The standard InChI is InChI=1S/C12H24N2O2.ClH/c1-9(2)12(4-5-12)8-14-11(15)6-10(7-13)16-3;/h9-10H,4-8,13H2,1-3H3,(H,14,15);1H. The number of hydrogen-bond donors (Lipinski definition) is 2. The zero-order valence-electron chi connectivity index (χ0n) is 11.0. The quantitative estimate of drug-likeness (QED) is 0.729. The molecule has 1 aliphatic carbocycles. The van der Waals surface area contributed by atoms with E-state index in [1.54, 1.807) is 7.11 Å². The first-order valence-electron chi connectivity index (χ1n) is 6.03. The number of carbonyl (C=O) groups excluding carboxylic acids is 1. The lowest BCUT2D eigenvalue weighted by atomic mass is 9.92. The van der Waals surface area contributed by atoms with Crippen molar-refractivity contribution >= 4 is 18.3 Å². The molecular formula is C12H25ClN2O2. The molecule has 1 amide bonds. The Morgan fingerprint density at radius 3 is 2.41 bits per heavy atom. The molecule has 3 N–H and O–H groups in total. The summed E-state index contributed by atoms with van der Waals surface area (Å²) in [4.78, 5) is 11.6. The highest BCUT2D eigenvalue weighted by molar-refractivity contribution is 5.85. The van der Waals surface area contributed by atoms with Gasteiger partial charge in [-0.05, 0) is 24.2 Å². The molecule has 0 radical (unpaired) electrons. The molecule has 0 bridgehead atoms.